The van der Waals surface area contributed by atoms with Gasteiger partial charge in [0.2, 0.25) is 0 Å². The van der Waals surface area contributed by atoms with Crippen LogP contribution in [0.4, 0.5) is 8.78 Å². The van der Waals surface area contributed by atoms with E-state index in [1.165, 1.54) is 21.7 Å². The van der Waals surface area contributed by atoms with E-state index in [1.54, 1.807) is 11.3 Å². The lowest BCUT2D eigenvalue weighted by atomic mass is 10.1. The summed E-state index contributed by atoms with van der Waals surface area (Å²) >= 11 is 1.67. The minimum atomic E-state index is -0.891. The Bertz CT molecular complexity index is 795. The molecule has 0 saturated heterocycles. The number of hydrogen-bond donors (Lipinski definition) is 0. The molecule has 3 rings (SSSR count). The van der Waals surface area contributed by atoms with Crippen LogP contribution >= 0.6 is 11.3 Å². The molecular weight excluding hydrogens is 302 g/mol. The van der Waals surface area contributed by atoms with Gasteiger partial charge in [-0.25, -0.2) is 8.78 Å². The highest BCUT2D eigenvalue weighted by molar-refractivity contribution is 7.19. The van der Waals surface area contributed by atoms with Crippen molar-refractivity contribution >= 4 is 21.4 Å². The largest absolute Gasteiger partial charge is 0.488 e. The fourth-order valence-electron chi connectivity index (χ4n) is 2.37. The topological polar surface area (TPSA) is 9.23 Å². The van der Waals surface area contributed by atoms with Crippen molar-refractivity contribution in [2.45, 2.75) is 26.4 Å². The van der Waals surface area contributed by atoms with Crippen LogP contribution in [-0.4, -0.2) is 0 Å². The van der Waals surface area contributed by atoms with Crippen molar-refractivity contribution in [1.29, 1.82) is 0 Å². The van der Waals surface area contributed by atoms with E-state index < -0.39 is 11.6 Å². The van der Waals surface area contributed by atoms with Gasteiger partial charge in [0, 0.05) is 15.6 Å². The number of hydrogen-bond acceptors (Lipinski definition) is 2. The van der Waals surface area contributed by atoms with Crippen LogP contribution in [0.15, 0.2) is 42.5 Å². The second-order valence-corrected chi connectivity index (χ2v) is 6.37. The van der Waals surface area contributed by atoms with E-state index in [0.717, 1.165) is 29.9 Å². The average molecular weight is 318 g/mol. The van der Waals surface area contributed by atoms with Gasteiger partial charge >= 0.3 is 0 Å². The van der Waals surface area contributed by atoms with Crippen LogP contribution in [0.5, 0.6) is 5.75 Å². The highest BCUT2D eigenvalue weighted by Gasteiger charge is 2.06. The lowest BCUT2D eigenvalue weighted by Gasteiger charge is -2.04. The zero-order chi connectivity index (χ0) is 15.5. The third kappa shape index (κ3) is 3.28. The fraction of sp³-hybridized carbons (Fsp3) is 0.222. The monoisotopic (exact) mass is 318 g/mol. The summed E-state index contributed by atoms with van der Waals surface area (Å²) < 4.78 is 32.8. The van der Waals surface area contributed by atoms with E-state index in [1.807, 2.05) is 0 Å². The van der Waals surface area contributed by atoms with Gasteiger partial charge in [-0.2, -0.15) is 0 Å². The van der Waals surface area contributed by atoms with Crippen molar-refractivity contribution in [3.8, 4) is 5.75 Å². The first-order valence-corrected chi connectivity index (χ1v) is 8.06. The van der Waals surface area contributed by atoms with Gasteiger partial charge in [-0.05, 0) is 41.6 Å². The lowest BCUT2D eigenvalue weighted by Crippen LogP contribution is -1.94. The van der Waals surface area contributed by atoms with Gasteiger partial charge in [0.15, 0.2) is 11.6 Å². The Kier molecular flexibility index (Phi) is 4.39. The maximum atomic E-state index is 13.1. The molecule has 4 heteroatoms. The van der Waals surface area contributed by atoms with Crippen LogP contribution in [0.2, 0.25) is 0 Å². The second-order valence-electron chi connectivity index (χ2n) is 5.20. The quantitative estimate of drug-likeness (QED) is 0.585. The number of thiophene rings is 1. The minimum Gasteiger partial charge on any atom is -0.488 e. The molecule has 0 spiro atoms. The van der Waals surface area contributed by atoms with E-state index in [9.17, 15) is 8.78 Å². The normalized spacial score (nSPS) is 11.0. The summed E-state index contributed by atoms with van der Waals surface area (Å²) in [5.74, 6) is -1.42. The maximum absolute atomic E-state index is 13.1. The molecule has 0 radical (unpaired) electrons. The summed E-state index contributed by atoms with van der Waals surface area (Å²) in [6, 6.07) is 12.1. The molecule has 2 aromatic carbocycles. The average Bonchev–Trinajstić information content (AvgIpc) is 2.91. The molecule has 0 atom stereocenters. The standard InChI is InChI=1S/C18H16F2OS/c1-2-3-12-4-5-13-9-15(22-18(13)8-12)11-21-14-6-7-16(19)17(20)10-14/h4-10H,2-3,11H2,1H3. The Labute approximate surface area is 132 Å². The zero-order valence-corrected chi connectivity index (χ0v) is 13.1. The molecule has 3 aromatic rings. The van der Waals surface area contributed by atoms with E-state index >= 15 is 0 Å². The van der Waals surface area contributed by atoms with Gasteiger partial charge in [-0.3, -0.25) is 0 Å². The number of halogens is 2. The summed E-state index contributed by atoms with van der Waals surface area (Å²) in [6.45, 7) is 2.52. The Morgan fingerprint density at radius 3 is 2.64 bits per heavy atom. The molecule has 0 N–H and O–H groups in total. The Balaban J connectivity index is 1.74. The number of aryl methyl sites for hydroxylation is 1. The lowest BCUT2D eigenvalue weighted by molar-refractivity contribution is 0.307. The number of fused-ring (bicyclic) bond motifs is 1. The van der Waals surface area contributed by atoms with Gasteiger partial charge in [-0.15, -0.1) is 11.3 Å². The fourth-order valence-corrected chi connectivity index (χ4v) is 3.41. The van der Waals surface area contributed by atoms with Crippen molar-refractivity contribution in [1.82, 2.24) is 0 Å². The first-order valence-electron chi connectivity index (χ1n) is 7.25. The smallest absolute Gasteiger partial charge is 0.162 e. The summed E-state index contributed by atoms with van der Waals surface area (Å²) in [7, 11) is 0. The van der Waals surface area contributed by atoms with Crippen molar-refractivity contribution in [2.24, 2.45) is 0 Å². The second kappa shape index (κ2) is 6.44. The van der Waals surface area contributed by atoms with Crippen LogP contribution in [0.25, 0.3) is 10.1 Å². The summed E-state index contributed by atoms with van der Waals surface area (Å²) in [5, 5.41) is 1.19. The van der Waals surface area contributed by atoms with Gasteiger partial charge in [0.25, 0.3) is 0 Å². The first kappa shape index (κ1) is 15.0. The molecule has 0 aliphatic carbocycles. The molecule has 0 aliphatic rings. The van der Waals surface area contributed by atoms with Crippen molar-refractivity contribution in [2.75, 3.05) is 0 Å². The molecule has 0 bridgehead atoms. The molecule has 0 fully saturated rings. The molecule has 1 nitrogen and oxygen atoms in total. The van der Waals surface area contributed by atoms with Crippen LogP contribution in [0, 0.1) is 11.6 Å². The van der Waals surface area contributed by atoms with Crippen LogP contribution < -0.4 is 4.74 Å². The SMILES string of the molecule is CCCc1ccc2cc(COc3ccc(F)c(F)c3)sc2c1. The molecular formula is C18H16F2OS. The van der Waals surface area contributed by atoms with Crippen molar-refractivity contribution in [3.05, 3.63) is 64.5 Å². The van der Waals surface area contributed by atoms with E-state index in [-0.39, 0.29) is 0 Å². The van der Waals surface area contributed by atoms with Crippen LogP contribution in [-0.2, 0) is 13.0 Å². The van der Waals surface area contributed by atoms with Gasteiger partial charge in [-0.1, -0.05) is 25.5 Å². The van der Waals surface area contributed by atoms with E-state index in [0.29, 0.717) is 12.4 Å². The predicted octanol–water partition coefficient (Wildman–Crippen LogP) is 5.71. The third-order valence-electron chi connectivity index (χ3n) is 3.45. The van der Waals surface area contributed by atoms with E-state index in [4.69, 9.17) is 4.74 Å². The highest BCUT2D eigenvalue weighted by atomic mass is 32.1. The number of benzene rings is 2. The Hall–Kier alpha value is -1.94. The van der Waals surface area contributed by atoms with Gasteiger partial charge in [0.05, 0.1) is 0 Å². The molecule has 114 valence electrons. The summed E-state index contributed by atoms with van der Waals surface area (Å²) in [5.41, 5.74) is 1.34. The first-order chi connectivity index (χ1) is 10.7. The molecule has 1 aromatic heterocycles. The molecule has 22 heavy (non-hydrogen) atoms. The molecule has 0 unspecified atom stereocenters. The predicted molar refractivity (Wildman–Crippen MR) is 86.5 cm³/mol. The Morgan fingerprint density at radius 1 is 1.00 bits per heavy atom. The summed E-state index contributed by atoms with van der Waals surface area (Å²) in [4.78, 5) is 1.06. The molecule has 0 amide bonds. The zero-order valence-electron chi connectivity index (χ0n) is 12.2. The van der Waals surface area contributed by atoms with Crippen LogP contribution in [0.3, 0.4) is 0 Å². The molecule has 0 saturated carbocycles. The number of ether oxygens (including phenoxy) is 1. The maximum Gasteiger partial charge on any atom is 0.162 e. The van der Waals surface area contributed by atoms with Crippen LogP contribution in [0.1, 0.15) is 23.8 Å². The Morgan fingerprint density at radius 2 is 1.86 bits per heavy atom. The molecule has 0 aliphatic heterocycles. The third-order valence-corrected chi connectivity index (χ3v) is 4.52. The van der Waals surface area contributed by atoms with E-state index in [2.05, 4.69) is 31.2 Å². The molecule has 1 heterocycles. The van der Waals surface area contributed by atoms with Crippen molar-refractivity contribution in [3.63, 3.8) is 0 Å². The van der Waals surface area contributed by atoms with Gasteiger partial charge < -0.3 is 4.74 Å². The van der Waals surface area contributed by atoms with Gasteiger partial charge in [0.1, 0.15) is 12.4 Å². The highest BCUT2D eigenvalue weighted by Crippen LogP contribution is 2.28. The van der Waals surface area contributed by atoms with Crippen molar-refractivity contribution < 1.29 is 13.5 Å². The summed E-state index contributed by atoms with van der Waals surface area (Å²) in [6.07, 6.45) is 2.21. The minimum absolute atomic E-state index is 0.336. The number of rotatable bonds is 5.